The van der Waals surface area contributed by atoms with Crippen molar-refractivity contribution in [1.29, 1.82) is 0 Å². The summed E-state index contributed by atoms with van der Waals surface area (Å²) < 4.78 is 0. The standard InChI is InChI=1S/C16H28N4O2/c1-12-15(13(2)18-17-12)7-5-8-19(3)16(22)11-20-9-4-6-14(21)10-20/h14,21H,4-11H2,1-3H3,(H,17,18)/t14-/m1/s1. The first-order chi connectivity index (χ1) is 10.5. The molecule has 1 aliphatic rings. The third kappa shape index (κ3) is 4.55. The number of hydrogen-bond donors (Lipinski definition) is 2. The van der Waals surface area contributed by atoms with E-state index in [2.05, 4.69) is 15.1 Å². The van der Waals surface area contributed by atoms with Crippen LogP contribution >= 0.6 is 0 Å². The van der Waals surface area contributed by atoms with Crippen LogP contribution in [0.4, 0.5) is 0 Å². The minimum Gasteiger partial charge on any atom is -0.392 e. The molecule has 1 atom stereocenters. The molecule has 124 valence electrons. The normalized spacial score (nSPS) is 19.4. The Kier molecular flexibility index (Phi) is 5.97. The van der Waals surface area contributed by atoms with Crippen LogP contribution in [-0.2, 0) is 11.2 Å². The number of nitrogens with zero attached hydrogens (tertiary/aromatic N) is 3. The average molecular weight is 308 g/mol. The SMILES string of the molecule is Cc1n[nH]c(C)c1CCCN(C)C(=O)CN1CCC[C@@H](O)C1. The highest BCUT2D eigenvalue weighted by Crippen LogP contribution is 2.12. The van der Waals surface area contributed by atoms with Crippen molar-refractivity contribution in [3.63, 3.8) is 0 Å². The molecule has 1 aliphatic heterocycles. The summed E-state index contributed by atoms with van der Waals surface area (Å²) in [6.45, 7) is 6.73. The first kappa shape index (κ1) is 17.0. The third-order valence-electron chi connectivity index (χ3n) is 4.47. The third-order valence-corrected chi connectivity index (χ3v) is 4.47. The molecule has 0 saturated carbocycles. The predicted molar refractivity (Wildman–Crippen MR) is 85.7 cm³/mol. The van der Waals surface area contributed by atoms with E-state index in [0.29, 0.717) is 13.1 Å². The van der Waals surface area contributed by atoms with Crippen LogP contribution in [-0.4, -0.2) is 70.3 Å². The summed E-state index contributed by atoms with van der Waals surface area (Å²) in [6, 6.07) is 0. The highest BCUT2D eigenvalue weighted by atomic mass is 16.3. The van der Waals surface area contributed by atoms with Crippen molar-refractivity contribution in [2.45, 2.75) is 45.6 Å². The van der Waals surface area contributed by atoms with Crippen molar-refractivity contribution in [2.24, 2.45) is 0 Å². The molecule has 2 rings (SSSR count). The summed E-state index contributed by atoms with van der Waals surface area (Å²) in [7, 11) is 1.86. The maximum Gasteiger partial charge on any atom is 0.236 e. The number of likely N-dealkylation sites (N-methyl/N-ethyl adjacent to an activating group) is 1. The second kappa shape index (κ2) is 7.74. The van der Waals surface area contributed by atoms with E-state index in [1.807, 2.05) is 20.9 Å². The fraction of sp³-hybridized carbons (Fsp3) is 0.750. The van der Waals surface area contributed by atoms with E-state index in [4.69, 9.17) is 0 Å². The van der Waals surface area contributed by atoms with Crippen LogP contribution in [0, 0.1) is 13.8 Å². The number of hydrogen-bond acceptors (Lipinski definition) is 4. The molecular formula is C16H28N4O2. The molecule has 0 bridgehead atoms. The van der Waals surface area contributed by atoms with E-state index < -0.39 is 0 Å². The predicted octanol–water partition coefficient (Wildman–Crippen LogP) is 0.874. The Morgan fingerprint density at radius 3 is 2.91 bits per heavy atom. The minimum atomic E-state index is -0.279. The Balaban J connectivity index is 1.72. The van der Waals surface area contributed by atoms with E-state index in [1.165, 1.54) is 5.56 Å². The summed E-state index contributed by atoms with van der Waals surface area (Å²) in [5.41, 5.74) is 3.43. The molecule has 6 nitrogen and oxygen atoms in total. The fourth-order valence-corrected chi connectivity index (χ4v) is 3.05. The molecule has 6 heteroatoms. The quantitative estimate of drug-likeness (QED) is 0.818. The lowest BCUT2D eigenvalue weighted by Gasteiger charge is -2.30. The maximum absolute atomic E-state index is 12.2. The lowest BCUT2D eigenvalue weighted by molar-refractivity contribution is -0.131. The highest BCUT2D eigenvalue weighted by molar-refractivity contribution is 5.78. The number of aliphatic hydroxyl groups excluding tert-OH is 1. The summed E-state index contributed by atoms with van der Waals surface area (Å²) in [5.74, 6) is 0.134. The molecule has 2 heterocycles. The average Bonchev–Trinajstić information content (AvgIpc) is 2.78. The molecule has 0 aromatic carbocycles. The number of rotatable bonds is 6. The lowest BCUT2D eigenvalue weighted by Crippen LogP contribution is -2.44. The van der Waals surface area contributed by atoms with Crippen molar-refractivity contribution in [1.82, 2.24) is 20.0 Å². The van der Waals surface area contributed by atoms with Crippen molar-refractivity contribution in [2.75, 3.05) is 33.2 Å². The van der Waals surface area contributed by atoms with Gasteiger partial charge in [-0.15, -0.1) is 0 Å². The number of piperidine rings is 1. The summed E-state index contributed by atoms with van der Waals surface area (Å²) in [4.78, 5) is 16.1. The van der Waals surface area contributed by atoms with Crippen LogP contribution in [0.25, 0.3) is 0 Å². The molecule has 1 saturated heterocycles. The fourth-order valence-electron chi connectivity index (χ4n) is 3.05. The molecule has 1 aromatic heterocycles. The zero-order chi connectivity index (χ0) is 16.1. The van der Waals surface area contributed by atoms with E-state index in [9.17, 15) is 9.90 Å². The van der Waals surface area contributed by atoms with Gasteiger partial charge in [0, 0.05) is 25.8 Å². The number of likely N-dealkylation sites (tertiary alicyclic amines) is 1. The van der Waals surface area contributed by atoms with Crippen molar-refractivity contribution in [3.05, 3.63) is 17.0 Å². The molecule has 1 amide bonds. The maximum atomic E-state index is 12.2. The second-order valence-corrected chi connectivity index (χ2v) is 6.36. The van der Waals surface area contributed by atoms with E-state index in [0.717, 1.165) is 50.2 Å². The monoisotopic (exact) mass is 308 g/mol. The Morgan fingerprint density at radius 2 is 2.27 bits per heavy atom. The summed E-state index contributed by atoms with van der Waals surface area (Å²) >= 11 is 0. The number of β-amino-alcohol motifs (C(OH)–C–C–N with tert-alkyl or cyclic N) is 1. The second-order valence-electron chi connectivity index (χ2n) is 6.36. The number of carbonyl (C=O) groups is 1. The van der Waals surface area contributed by atoms with Gasteiger partial charge in [-0.05, 0) is 51.6 Å². The van der Waals surface area contributed by atoms with Crippen LogP contribution < -0.4 is 0 Å². The number of aromatic nitrogens is 2. The number of aliphatic hydroxyl groups is 1. The largest absolute Gasteiger partial charge is 0.392 e. The zero-order valence-electron chi connectivity index (χ0n) is 13.9. The molecule has 1 aromatic rings. The molecule has 0 unspecified atom stereocenters. The highest BCUT2D eigenvalue weighted by Gasteiger charge is 2.21. The van der Waals surface area contributed by atoms with Crippen molar-refractivity contribution in [3.8, 4) is 0 Å². The van der Waals surface area contributed by atoms with Gasteiger partial charge >= 0.3 is 0 Å². The van der Waals surface area contributed by atoms with Crippen LogP contribution in [0.1, 0.15) is 36.2 Å². The van der Waals surface area contributed by atoms with E-state index in [1.54, 1.807) is 4.90 Å². The molecule has 0 spiro atoms. The van der Waals surface area contributed by atoms with E-state index >= 15 is 0 Å². The van der Waals surface area contributed by atoms with Crippen molar-refractivity contribution >= 4 is 5.91 Å². The first-order valence-electron chi connectivity index (χ1n) is 8.12. The van der Waals surface area contributed by atoms with Gasteiger partial charge in [0.15, 0.2) is 0 Å². The number of amides is 1. The lowest BCUT2D eigenvalue weighted by atomic mass is 10.1. The van der Waals surface area contributed by atoms with Gasteiger partial charge in [-0.1, -0.05) is 0 Å². The number of H-pyrrole nitrogens is 1. The molecular weight excluding hydrogens is 280 g/mol. The van der Waals surface area contributed by atoms with Crippen LogP contribution in [0.5, 0.6) is 0 Å². The van der Waals surface area contributed by atoms with Crippen molar-refractivity contribution < 1.29 is 9.90 Å². The minimum absolute atomic E-state index is 0.134. The molecule has 0 radical (unpaired) electrons. The first-order valence-corrected chi connectivity index (χ1v) is 8.12. The van der Waals surface area contributed by atoms with Crippen LogP contribution in [0.3, 0.4) is 0 Å². The molecule has 22 heavy (non-hydrogen) atoms. The number of aromatic amines is 1. The van der Waals surface area contributed by atoms with Gasteiger partial charge in [0.05, 0.1) is 18.3 Å². The topological polar surface area (TPSA) is 72.5 Å². The van der Waals surface area contributed by atoms with Gasteiger partial charge in [0.2, 0.25) is 5.91 Å². The molecule has 1 fully saturated rings. The molecule has 0 aliphatic carbocycles. The number of nitrogens with one attached hydrogen (secondary N) is 1. The smallest absolute Gasteiger partial charge is 0.236 e. The van der Waals surface area contributed by atoms with Gasteiger partial charge in [-0.3, -0.25) is 14.8 Å². The van der Waals surface area contributed by atoms with Gasteiger partial charge in [0.1, 0.15) is 0 Å². The van der Waals surface area contributed by atoms with Gasteiger partial charge in [-0.25, -0.2) is 0 Å². The molecule has 2 N–H and O–H groups in total. The Bertz CT molecular complexity index is 481. The van der Waals surface area contributed by atoms with E-state index in [-0.39, 0.29) is 12.0 Å². The summed E-state index contributed by atoms with van der Waals surface area (Å²) in [6.07, 6.45) is 3.42. The van der Waals surface area contributed by atoms with Gasteiger partial charge in [0.25, 0.3) is 0 Å². The van der Waals surface area contributed by atoms with Gasteiger partial charge in [-0.2, -0.15) is 5.10 Å². The Morgan fingerprint density at radius 1 is 1.50 bits per heavy atom. The number of aryl methyl sites for hydroxylation is 2. The summed E-state index contributed by atoms with van der Waals surface area (Å²) in [5, 5.41) is 16.8. The Hall–Kier alpha value is -1.40. The van der Waals surface area contributed by atoms with Crippen LogP contribution in [0.15, 0.2) is 0 Å². The van der Waals surface area contributed by atoms with Gasteiger partial charge < -0.3 is 10.0 Å². The number of carbonyl (C=O) groups excluding carboxylic acids is 1. The Labute approximate surface area is 132 Å². The zero-order valence-corrected chi connectivity index (χ0v) is 13.9. The van der Waals surface area contributed by atoms with Crippen LogP contribution in [0.2, 0.25) is 0 Å².